The highest BCUT2D eigenvalue weighted by Gasteiger charge is 2.45. The molecule has 37 heavy (non-hydrogen) atoms. The van der Waals surface area contributed by atoms with Crippen LogP contribution in [-0.2, 0) is 19.1 Å². The van der Waals surface area contributed by atoms with Crippen LogP contribution >= 0.6 is 0 Å². The second-order valence-electron chi connectivity index (χ2n) is 10.9. The lowest BCUT2D eigenvalue weighted by Gasteiger charge is -2.41. The van der Waals surface area contributed by atoms with Gasteiger partial charge in [0, 0.05) is 0 Å². The van der Waals surface area contributed by atoms with E-state index in [2.05, 4.69) is 27.7 Å². The molecule has 0 heterocycles. The van der Waals surface area contributed by atoms with Crippen molar-refractivity contribution in [2.45, 2.75) is 167 Å². The minimum Gasteiger partial charge on any atom is -0.481 e. The van der Waals surface area contributed by atoms with Crippen LogP contribution in [0.25, 0.3) is 0 Å². The molecule has 0 aromatic heterocycles. The summed E-state index contributed by atoms with van der Waals surface area (Å²) in [7, 11) is 0. The molecular weight excluding hydrogens is 472 g/mol. The largest absolute Gasteiger partial charge is 0.481 e. The molecule has 0 amide bonds. The average Bonchev–Trinajstić information content (AvgIpc) is 2.83. The van der Waals surface area contributed by atoms with Crippen LogP contribution in [0.15, 0.2) is 0 Å². The molecule has 0 bridgehead atoms. The van der Waals surface area contributed by atoms with Crippen molar-refractivity contribution in [2.24, 2.45) is 5.92 Å². The van der Waals surface area contributed by atoms with E-state index in [1.807, 2.05) is 0 Å². The first-order valence-corrected chi connectivity index (χ1v) is 15.0. The van der Waals surface area contributed by atoms with Crippen LogP contribution in [0.4, 0.5) is 0 Å². The van der Waals surface area contributed by atoms with Gasteiger partial charge in [-0.25, -0.2) is 4.79 Å². The van der Waals surface area contributed by atoms with Gasteiger partial charge in [0.05, 0.1) is 12.8 Å². The van der Waals surface area contributed by atoms with Crippen molar-refractivity contribution < 1.29 is 34.4 Å². The van der Waals surface area contributed by atoms with Crippen molar-refractivity contribution in [2.75, 3.05) is 0 Å². The molecule has 7 nitrogen and oxygen atoms in total. The number of carbonyl (C=O) groups is 3. The Hall–Kier alpha value is -1.63. The number of aliphatic carboxylic acids is 2. The van der Waals surface area contributed by atoms with Gasteiger partial charge in [0.25, 0.3) is 0 Å². The number of hydrogen-bond donors (Lipinski definition) is 3. The number of carboxylic acids is 2. The van der Waals surface area contributed by atoms with Crippen LogP contribution in [-0.4, -0.2) is 44.4 Å². The maximum Gasteiger partial charge on any atom is 0.336 e. The first-order chi connectivity index (χ1) is 17.6. The molecule has 0 rings (SSSR count). The lowest BCUT2D eigenvalue weighted by molar-refractivity contribution is -0.183. The molecule has 3 N–H and O–H groups in total. The second kappa shape index (κ2) is 20.3. The third-order valence-corrected chi connectivity index (χ3v) is 7.65. The van der Waals surface area contributed by atoms with E-state index in [-0.39, 0.29) is 5.92 Å². The number of rotatable bonds is 25. The molecule has 0 aromatic rings. The van der Waals surface area contributed by atoms with Crippen LogP contribution in [0.2, 0.25) is 0 Å². The molecule has 2 atom stereocenters. The molecule has 0 spiro atoms. The smallest absolute Gasteiger partial charge is 0.336 e. The Balaban J connectivity index is 5.83. The normalized spacial score (nSPS) is 14.2. The van der Waals surface area contributed by atoms with Gasteiger partial charge in [-0.15, -0.1) is 0 Å². The summed E-state index contributed by atoms with van der Waals surface area (Å²) < 4.78 is 6.22. The van der Waals surface area contributed by atoms with E-state index in [0.717, 1.165) is 64.2 Å². The zero-order chi connectivity index (χ0) is 28.2. The van der Waals surface area contributed by atoms with Gasteiger partial charge in [-0.2, -0.15) is 0 Å². The summed E-state index contributed by atoms with van der Waals surface area (Å²) in [5, 5.41) is 29.0. The van der Waals surface area contributed by atoms with Gasteiger partial charge in [-0.1, -0.05) is 105 Å². The van der Waals surface area contributed by atoms with Gasteiger partial charge in [0.1, 0.15) is 5.60 Å². The number of carbonyl (C=O) groups excluding carboxylic acids is 1. The van der Waals surface area contributed by atoms with Crippen LogP contribution in [0.3, 0.4) is 0 Å². The molecule has 0 aromatic carbocycles. The maximum absolute atomic E-state index is 13.2. The number of unbranched alkanes of at least 4 members (excludes halogenated alkanes) is 11. The number of esters is 1. The molecule has 0 fully saturated rings. The fraction of sp³-hybridized carbons (Fsp3) is 0.900. The third kappa shape index (κ3) is 14.8. The summed E-state index contributed by atoms with van der Waals surface area (Å²) in [5.74, 6) is -3.88. The minimum absolute atomic E-state index is 0.139. The molecule has 0 aliphatic rings. The Bertz CT molecular complexity index is 617. The molecular formula is C30H56O7. The summed E-state index contributed by atoms with van der Waals surface area (Å²) in [6.45, 7) is 8.63. The molecule has 0 aliphatic carbocycles. The molecule has 0 radical (unpaired) electrons. The summed E-state index contributed by atoms with van der Waals surface area (Å²) in [6, 6.07) is 0. The number of aliphatic hydroxyl groups is 1. The summed E-state index contributed by atoms with van der Waals surface area (Å²) in [6.07, 6.45) is 16.7. The Morgan fingerprint density at radius 1 is 0.676 bits per heavy atom. The fourth-order valence-electron chi connectivity index (χ4n) is 5.38. The van der Waals surface area contributed by atoms with Gasteiger partial charge in [0.2, 0.25) is 0 Å². The van der Waals surface area contributed by atoms with Gasteiger partial charge < -0.3 is 20.1 Å². The number of hydrogen-bond acceptors (Lipinski definition) is 5. The van der Waals surface area contributed by atoms with E-state index in [1.54, 1.807) is 0 Å². The van der Waals surface area contributed by atoms with E-state index in [9.17, 15) is 24.6 Å². The Morgan fingerprint density at radius 3 is 1.54 bits per heavy atom. The van der Waals surface area contributed by atoms with Gasteiger partial charge in [-0.05, 0) is 44.4 Å². The predicted octanol–water partition coefficient (Wildman–Crippen LogP) is 7.67. The Morgan fingerprint density at radius 2 is 1.14 bits per heavy atom. The topological polar surface area (TPSA) is 121 Å². The SMILES string of the molecule is CCCCCCCCC(CCCCCCCC)(OC(=O)CC(O)(CC(=O)O)C(=O)O)C(CC)CCCC. The Kier molecular flexibility index (Phi) is 19.5. The third-order valence-electron chi connectivity index (χ3n) is 7.65. The zero-order valence-electron chi connectivity index (χ0n) is 24.2. The molecule has 2 unspecified atom stereocenters. The first-order valence-electron chi connectivity index (χ1n) is 15.0. The highest BCUT2D eigenvalue weighted by molar-refractivity contribution is 5.88. The fourth-order valence-corrected chi connectivity index (χ4v) is 5.38. The summed E-state index contributed by atoms with van der Waals surface area (Å²) in [5.41, 5.74) is -3.40. The standard InChI is InChI=1S/C30H56O7/c1-5-9-12-14-16-18-21-30(25(8-4)20-11-7-3,22-19-17-15-13-10-6-2)37-27(33)24-29(36,28(34)35)23-26(31)32/h25,36H,5-24H2,1-4H3,(H,31,32)(H,34,35). The molecule has 0 aliphatic heterocycles. The van der Waals surface area contributed by atoms with Crippen LogP contribution in [0.1, 0.15) is 156 Å². The summed E-state index contributed by atoms with van der Waals surface area (Å²) >= 11 is 0. The van der Waals surface area contributed by atoms with Crippen molar-refractivity contribution in [3.63, 3.8) is 0 Å². The monoisotopic (exact) mass is 528 g/mol. The van der Waals surface area contributed by atoms with E-state index >= 15 is 0 Å². The van der Waals surface area contributed by atoms with Crippen molar-refractivity contribution >= 4 is 17.9 Å². The van der Waals surface area contributed by atoms with E-state index < -0.39 is 42.0 Å². The van der Waals surface area contributed by atoms with Crippen LogP contribution in [0, 0.1) is 5.92 Å². The van der Waals surface area contributed by atoms with Gasteiger partial charge >= 0.3 is 17.9 Å². The zero-order valence-corrected chi connectivity index (χ0v) is 24.2. The van der Waals surface area contributed by atoms with E-state index in [4.69, 9.17) is 9.84 Å². The van der Waals surface area contributed by atoms with Crippen molar-refractivity contribution in [3.05, 3.63) is 0 Å². The molecule has 0 saturated carbocycles. The Labute approximate surface area is 225 Å². The maximum atomic E-state index is 13.2. The van der Waals surface area contributed by atoms with Crippen molar-refractivity contribution in [1.82, 2.24) is 0 Å². The van der Waals surface area contributed by atoms with Gasteiger partial charge in [0.15, 0.2) is 5.60 Å². The highest BCUT2D eigenvalue weighted by atomic mass is 16.6. The van der Waals surface area contributed by atoms with Crippen LogP contribution < -0.4 is 0 Å². The van der Waals surface area contributed by atoms with Gasteiger partial charge in [-0.3, -0.25) is 9.59 Å². The number of carboxylic acid groups (broad SMARTS) is 2. The lowest BCUT2D eigenvalue weighted by atomic mass is 9.75. The highest BCUT2D eigenvalue weighted by Crippen LogP contribution is 2.40. The van der Waals surface area contributed by atoms with Crippen LogP contribution in [0.5, 0.6) is 0 Å². The number of ether oxygens (including phenoxy) is 1. The predicted molar refractivity (Wildman–Crippen MR) is 148 cm³/mol. The summed E-state index contributed by atoms with van der Waals surface area (Å²) in [4.78, 5) is 36.0. The molecule has 0 saturated heterocycles. The quantitative estimate of drug-likeness (QED) is 0.0821. The minimum atomic E-state index is -2.68. The van der Waals surface area contributed by atoms with Crippen molar-refractivity contribution in [3.8, 4) is 0 Å². The first kappa shape index (κ1) is 35.4. The molecule has 7 heteroatoms. The van der Waals surface area contributed by atoms with Crippen molar-refractivity contribution in [1.29, 1.82) is 0 Å². The molecule has 218 valence electrons. The lowest BCUT2D eigenvalue weighted by Crippen LogP contribution is -2.47. The average molecular weight is 529 g/mol. The van der Waals surface area contributed by atoms with E-state index in [0.29, 0.717) is 12.8 Å². The second-order valence-corrected chi connectivity index (χ2v) is 10.9. The van der Waals surface area contributed by atoms with E-state index in [1.165, 1.54) is 38.5 Å².